The third-order valence-corrected chi connectivity index (χ3v) is 4.11. The second-order valence-electron chi connectivity index (χ2n) is 5.12. The van der Waals surface area contributed by atoms with E-state index in [2.05, 4.69) is 15.9 Å². The summed E-state index contributed by atoms with van der Waals surface area (Å²) in [4.78, 5) is 12.9. The fraction of sp³-hybridized carbons (Fsp3) is 0.500. The first-order valence-corrected chi connectivity index (χ1v) is 7.17. The lowest BCUT2D eigenvalue weighted by Crippen LogP contribution is -2.34. The van der Waals surface area contributed by atoms with Crippen molar-refractivity contribution in [1.29, 1.82) is 0 Å². The van der Waals surface area contributed by atoms with Crippen molar-refractivity contribution in [3.05, 3.63) is 34.1 Å². The third kappa shape index (κ3) is 4.01. The van der Waals surface area contributed by atoms with Crippen molar-refractivity contribution in [3.63, 3.8) is 0 Å². The smallest absolute Gasteiger partial charge is 0.317 e. The SMILES string of the molecule is CC(c1ccc(F)c(Br)c1)N(CC(=O)O)CC1CC1. The van der Waals surface area contributed by atoms with Gasteiger partial charge in [0.1, 0.15) is 5.82 Å². The van der Waals surface area contributed by atoms with Gasteiger partial charge in [0.05, 0.1) is 11.0 Å². The Morgan fingerprint density at radius 1 is 1.58 bits per heavy atom. The van der Waals surface area contributed by atoms with E-state index in [1.54, 1.807) is 12.1 Å². The summed E-state index contributed by atoms with van der Waals surface area (Å²) in [5, 5.41) is 9.00. The van der Waals surface area contributed by atoms with Crippen LogP contribution >= 0.6 is 15.9 Å². The number of carbonyl (C=O) groups is 1. The van der Waals surface area contributed by atoms with Crippen molar-refractivity contribution in [3.8, 4) is 0 Å². The van der Waals surface area contributed by atoms with E-state index in [9.17, 15) is 9.18 Å². The maximum absolute atomic E-state index is 13.2. The predicted octanol–water partition coefficient (Wildman–Crippen LogP) is 3.45. The van der Waals surface area contributed by atoms with E-state index >= 15 is 0 Å². The number of carboxylic acids is 1. The molecular weight excluding hydrogens is 313 g/mol. The van der Waals surface area contributed by atoms with Crippen molar-refractivity contribution in [1.82, 2.24) is 4.90 Å². The van der Waals surface area contributed by atoms with Gasteiger partial charge in [-0.25, -0.2) is 4.39 Å². The zero-order chi connectivity index (χ0) is 14.0. The van der Waals surface area contributed by atoms with Gasteiger partial charge in [-0.2, -0.15) is 0 Å². The van der Waals surface area contributed by atoms with E-state index in [4.69, 9.17) is 5.11 Å². The molecule has 0 amide bonds. The molecule has 0 aromatic heterocycles. The maximum Gasteiger partial charge on any atom is 0.317 e. The zero-order valence-electron chi connectivity index (χ0n) is 10.8. The number of carboxylic acid groups (broad SMARTS) is 1. The highest BCUT2D eigenvalue weighted by atomic mass is 79.9. The molecule has 1 fully saturated rings. The lowest BCUT2D eigenvalue weighted by molar-refractivity contribution is -0.139. The second-order valence-corrected chi connectivity index (χ2v) is 5.97. The molecule has 1 saturated carbocycles. The highest BCUT2D eigenvalue weighted by Gasteiger charge is 2.28. The minimum Gasteiger partial charge on any atom is -0.480 e. The number of hydrogen-bond donors (Lipinski definition) is 1. The summed E-state index contributed by atoms with van der Waals surface area (Å²) >= 11 is 3.17. The predicted molar refractivity (Wildman–Crippen MR) is 74.4 cm³/mol. The number of nitrogens with zero attached hydrogens (tertiary/aromatic N) is 1. The highest BCUT2D eigenvalue weighted by molar-refractivity contribution is 9.10. The molecule has 1 unspecified atom stereocenters. The van der Waals surface area contributed by atoms with Gasteiger partial charge < -0.3 is 5.11 Å². The molecule has 3 nitrogen and oxygen atoms in total. The molecule has 0 aliphatic heterocycles. The molecular formula is C14H17BrFNO2. The lowest BCUT2D eigenvalue weighted by atomic mass is 10.1. The number of rotatable bonds is 6. The van der Waals surface area contributed by atoms with Crippen LogP contribution in [-0.4, -0.2) is 29.1 Å². The van der Waals surface area contributed by atoms with Crippen molar-refractivity contribution in [2.75, 3.05) is 13.1 Å². The van der Waals surface area contributed by atoms with Gasteiger partial charge in [-0.3, -0.25) is 9.69 Å². The van der Waals surface area contributed by atoms with E-state index in [0.717, 1.165) is 12.1 Å². The summed E-state index contributed by atoms with van der Waals surface area (Å²) in [6.45, 7) is 2.78. The average Bonchev–Trinajstić information content (AvgIpc) is 3.14. The van der Waals surface area contributed by atoms with Crippen molar-refractivity contribution in [2.45, 2.75) is 25.8 Å². The van der Waals surface area contributed by atoms with E-state index in [-0.39, 0.29) is 18.4 Å². The summed E-state index contributed by atoms with van der Waals surface area (Å²) in [5.41, 5.74) is 0.926. The van der Waals surface area contributed by atoms with Gasteiger partial charge in [0.15, 0.2) is 0 Å². The standard InChI is InChI=1S/C14H17BrFNO2/c1-9(11-4-5-13(16)12(15)6-11)17(8-14(18)19)7-10-2-3-10/h4-6,9-10H,2-3,7-8H2,1H3,(H,18,19). The monoisotopic (exact) mass is 329 g/mol. The Morgan fingerprint density at radius 2 is 2.26 bits per heavy atom. The topological polar surface area (TPSA) is 40.5 Å². The molecule has 0 spiro atoms. The van der Waals surface area contributed by atoms with Crippen LogP contribution in [0.2, 0.25) is 0 Å². The van der Waals surface area contributed by atoms with Crippen molar-refractivity contribution in [2.24, 2.45) is 5.92 Å². The van der Waals surface area contributed by atoms with Crippen LogP contribution in [0.5, 0.6) is 0 Å². The molecule has 104 valence electrons. The Morgan fingerprint density at radius 3 is 2.79 bits per heavy atom. The van der Waals surface area contributed by atoms with Crippen LogP contribution in [0.3, 0.4) is 0 Å². The Labute approximate surface area is 120 Å². The fourth-order valence-electron chi connectivity index (χ4n) is 2.15. The molecule has 2 rings (SSSR count). The van der Waals surface area contributed by atoms with Crippen LogP contribution in [0.15, 0.2) is 22.7 Å². The first-order chi connectivity index (χ1) is 8.97. The lowest BCUT2D eigenvalue weighted by Gasteiger charge is -2.28. The molecule has 0 radical (unpaired) electrons. The molecule has 0 bridgehead atoms. The van der Waals surface area contributed by atoms with Crippen LogP contribution < -0.4 is 0 Å². The third-order valence-electron chi connectivity index (χ3n) is 3.50. The number of aliphatic carboxylic acids is 1. The Kier molecular flexibility index (Phi) is 4.58. The molecule has 0 heterocycles. The Bertz CT molecular complexity index is 477. The minimum absolute atomic E-state index is 0.0205. The summed E-state index contributed by atoms with van der Waals surface area (Å²) in [7, 11) is 0. The average molecular weight is 330 g/mol. The molecule has 1 aromatic rings. The van der Waals surface area contributed by atoms with Gasteiger partial charge in [-0.1, -0.05) is 6.07 Å². The summed E-state index contributed by atoms with van der Waals surface area (Å²) in [6.07, 6.45) is 2.35. The normalized spacial score (nSPS) is 16.6. The second kappa shape index (κ2) is 6.01. The van der Waals surface area contributed by atoms with Crippen LogP contribution in [0.1, 0.15) is 31.4 Å². The van der Waals surface area contributed by atoms with Gasteiger partial charge in [0.25, 0.3) is 0 Å². The van der Waals surface area contributed by atoms with Gasteiger partial charge in [-0.15, -0.1) is 0 Å². The fourth-order valence-corrected chi connectivity index (χ4v) is 2.54. The molecule has 5 heteroatoms. The van der Waals surface area contributed by atoms with E-state index < -0.39 is 5.97 Å². The van der Waals surface area contributed by atoms with Gasteiger partial charge in [-0.05, 0) is 59.3 Å². The van der Waals surface area contributed by atoms with Crippen LogP contribution in [-0.2, 0) is 4.79 Å². The highest BCUT2D eigenvalue weighted by Crippen LogP contribution is 2.33. The molecule has 19 heavy (non-hydrogen) atoms. The quantitative estimate of drug-likeness (QED) is 0.869. The van der Waals surface area contributed by atoms with Crippen molar-refractivity contribution < 1.29 is 14.3 Å². The van der Waals surface area contributed by atoms with Crippen LogP contribution in [0, 0.1) is 11.7 Å². The summed E-state index contributed by atoms with van der Waals surface area (Å²) < 4.78 is 13.7. The van der Waals surface area contributed by atoms with Crippen LogP contribution in [0.4, 0.5) is 4.39 Å². The molecule has 1 aromatic carbocycles. The van der Waals surface area contributed by atoms with Crippen molar-refractivity contribution >= 4 is 21.9 Å². The zero-order valence-corrected chi connectivity index (χ0v) is 12.4. The molecule has 1 atom stereocenters. The van der Waals surface area contributed by atoms with Gasteiger partial charge in [0.2, 0.25) is 0 Å². The molecule has 1 N–H and O–H groups in total. The van der Waals surface area contributed by atoms with E-state index in [1.165, 1.54) is 18.9 Å². The number of hydrogen-bond acceptors (Lipinski definition) is 2. The maximum atomic E-state index is 13.2. The summed E-state index contributed by atoms with van der Waals surface area (Å²) in [6, 6.07) is 4.81. The Balaban J connectivity index is 2.13. The molecule has 1 aliphatic rings. The largest absolute Gasteiger partial charge is 0.480 e. The van der Waals surface area contributed by atoms with Crippen LogP contribution in [0.25, 0.3) is 0 Å². The minimum atomic E-state index is -0.825. The van der Waals surface area contributed by atoms with E-state index in [1.807, 2.05) is 11.8 Å². The van der Waals surface area contributed by atoms with E-state index in [0.29, 0.717) is 10.4 Å². The summed E-state index contributed by atoms with van der Waals surface area (Å²) in [5.74, 6) is -0.512. The molecule has 1 aliphatic carbocycles. The van der Waals surface area contributed by atoms with Gasteiger partial charge in [0, 0.05) is 12.6 Å². The number of benzene rings is 1. The Hall–Kier alpha value is -0.940. The molecule has 0 saturated heterocycles. The first kappa shape index (κ1) is 14.5. The van der Waals surface area contributed by atoms with Gasteiger partial charge >= 0.3 is 5.97 Å². The first-order valence-electron chi connectivity index (χ1n) is 6.38. The number of halogens is 2.